The van der Waals surface area contributed by atoms with E-state index in [2.05, 4.69) is 11.4 Å². The van der Waals surface area contributed by atoms with Crippen molar-refractivity contribution in [2.45, 2.75) is 32.0 Å². The van der Waals surface area contributed by atoms with Crippen molar-refractivity contribution in [3.63, 3.8) is 0 Å². The van der Waals surface area contributed by atoms with Crippen LogP contribution in [0.3, 0.4) is 0 Å². The maximum absolute atomic E-state index is 13.5. The van der Waals surface area contributed by atoms with Gasteiger partial charge in [-0.1, -0.05) is 24.3 Å². The van der Waals surface area contributed by atoms with E-state index in [9.17, 15) is 8.78 Å². The summed E-state index contributed by atoms with van der Waals surface area (Å²) < 4.78 is 31.7. The number of rotatable bonds is 6. The zero-order chi connectivity index (χ0) is 14.7. The van der Waals surface area contributed by atoms with Gasteiger partial charge in [-0.3, -0.25) is 0 Å². The quantitative estimate of drug-likeness (QED) is 0.873. The number of hydrogen-bond acceptors (Lipinski definition) is 2. The normalized spacial score (nSPS) is 14.2. The summed E-state index contributed by atoms with van der Waals surface area (Å²) >= 11 is 0. The van der Waals surface area contributed by atoms with Crippen LogP contribution in [0.4, 0.5) is 8.78 Å². The fourth-order valence-corrected chi connectivity index (χ4v) is 2.13. The van der Waals surface area contributed by atoms with E-state index in [0.717, 1.165) is 18.2 Å². The lowest BCUT2D eigenvalue weighted by Crippen LogP contribution is -2.15. The van der Waals surface area contributed by atoms with Crippen molar-refractivity contribution in [2.24, 2.45) is 0 Å². The van der Waals surface area contributed by atoms with E-state index < -0.39 is 11.6 Å². The van der Waals surface area contributed by atoms with Crippen LogP contribution in [-0.4, -0.2) is 6.04 Å². The van der Waals surface area contributed by atoms with Crippen LogP contribution in [0.25, 0.3) is 0 Å². The molecule has 0 heterocycles. The van der Waals surface area contributed by atoms with Crippen molar-refractivity contribution < 1.29 is 13.5 Å². The number of hydrogen-bond donors (Lipinski definition) is 1. The van der Waals surface area contributed by atoms with Crippen molar-refractivity contribution in [1.29, 1.82) is 0 Å². The van der Waals surface area contributed by atoms with Gasteiger partial charge in [0.1, 0.15) is 12.4 Å². The van der Waals surface area contributed by atoms with Gasteiger partial charge in [0.25, 0.3) is 0 Å². The predicted octanol–water partition coefficient (Wildman–Crippen LogP) is 3.80. The van der Waals surface area contributed by atoms with Gasteiger partial charge in [-0.2, -0.15) is 0 Å². The van der Waals surface area contributed by atoms with Gasteiger partial charge in [0.15, 0.2) is 11.6 Å². The van der Waals surface area contributed by atoms with Gasteiger partial charge < -0.3 is 10.1 Å². The molecule has 0 amide bonds. The molecule has 0 spiro atoms. The third-order valence-electron chi connectivity index (χ3n) is 3.45. The van der Waals surface area contributed by atoms with Crippen LogP contribution in [-0.2, 0) is 13.2 Å². The molecule has 0 saturated heterocycles. The number of ether oxygens (including phenoxy) is 1. The Balaban J connectivity index is 1.60. The largest absolute Gasteiger partial charge is 0.486 e. The molecule has 110 valence electrons. The molecule has 1 aliphatic carbocycles. The molecular formula is C17H17F2NO. The van der Waals surface area contributed by atoms with E-state index in [1.165, 1.54) is 30.5 Å². The van der Waals surface area contributed by atoms with Gasteiger partial charge in [0, 0.05) is 18.7 Å². The lowest BCUT2D eigenvalue weighted by atomic mass is 10.1. The molecular weight excluding hydrogens is 272 g/mol. The minimum atomic E-state index is -0.679. The molecule has 3 rings (SSSR count). The molecule has 2 aromatic carbocycles. The van der Waals surface area contributed by atoms with E-state index in [0.29, 0.717) is 6.04 Å². The van der Waals surface area contributed by atoms with Crippen LogP contribution >= 0.6 is 0 Å². The number of halogens is 2. The second-order valence-corrected chi connectivity index (χ2v) is 5.34. The summed E-state index contributed by atoms with van der Waals surface area (Å²) in [5.74, 6) is -1.22. The number of nitrogens with one attached hydrogen (secondary N) is 1. The summed E-state index contributed by atoms with van der Waals surface area (Å²) in [4.78, 5) is 0. The summed E-state index contributed by atoms with van der Waals surface area (Å²) in [7, 11) is 0. The fourth-order valence-electron chi connectivity index (χ4n) is 2.13. The van der Waals surface area contributed by atoms with Gasteiger partial charge in [0.2, 0.25) is 0 Å². The maximum atomic E-state index is 13.5. The van der Waals surface area contributed by atoms with Crippen LogP contribution in [0.5, 0.6) is 5.75 Å². The Hall–Kier alpha value is -1.94. The van der Waals surface area contributed by atoms with Gasteiger partial charge in [0.05, 0.1) is 0 Å². The maximum Gasteiger partial charge on any atom is 0.167 e. The fraction of sp³-hybridized carbons (Fsp3) is 0.294. The molecule has 0 atom stereocenters. The number of benzene rings is 2. The SMILES string of the molecule is Fc1ccc(OCc2cccc(CNC3CC3)c2)c(F)c1. The average Bonchev–Trinajstić information content (AvgIpc) is 3.29. The van der Waals surface area contributed by atoms with Gasteiger partial charge in [-0.25, -0.2) is 8.78 Å². The Morgan fingerprint density at radius 2 is 1.86 bits per heavy atom. The van der Waals surface area contributed by atoms with E-state index in [-0.39, 0.29) is 12.4 Å². The molecule has 1 fully saturated rings. The van der Waals surface area contributed by atoms with Gasteiger partial charge in [-0.05, 0) is 36.1 Å². The van der Waals surface area contributed by atoms with E-state index in [1.807, 2.05) is 18.2 Å². The smallest absolute Gasteiger partial charge is 0.167 e. The Labute approximate surface area is 122 Å². The Bertz CT molecular complexity index is 626. The minimum absolute atomic E-state index is 0.0675. The summed E-state index contributed by atoms with van der Waals surface area (Å²) in [5.41, 5.74) is 2.15. The Morgan fingerprint density at radius 3 is 2.62 bits per heavy atom. The van der Waals surface area contributed by atoms with Crippen LogP contribution in [0, 0.1) is 11.6 Å². The zero-order valence-electron chi connectivity index (χ0n) is 11.6. The van der Waals surface area contributed by atoms with Crippen molar-refractivity contribution in [3.05, 3.63) is 65.2 Å². The second-order valence-electron chi connectivity index (χ2n) is 5.34. The second kappa shape index (κ2) is 6.22. The molecule has 0 bridgehead atoms. The zero-order valence-corrected chi connectivity index (χ0v) is 11.6. The third-order valence-corrected chi connectivity index (χ3v) is 3.45. The van der Waals surface area contributed by atoms with E-state index in [4.69, 9.17) is 4.74 Å². The summed E-state index contributed by atoms with van der Waals surface area (Å²) in [6.45, 7) is 1.10. The van der Waals surface area contributed by atoms with Gasteiger partial charge >= 0.3 is 0 Å². The van der Waals surface area contributed by atoms with E-state index in [1.54, 1.807) is 0 Å². The molecule has 0 unspecified atom stereocenters. The molecule has 0 radical (unpaired) electrons. The standard InChI is InChI=1S/C17H17F2NO/c18-14-4-7-17(16(19)9-14)21-11-13-3-1-2-12(8-13)10-20-15-5-6-15/h1-4,7-9,15,20H,5-6,10-11H2. The average molecular weight is 289 g/mol. The topological polar surface area (TPSA) is 21.3 Å². The summed E-state index contributed by atoms with van der Waals surface area (Å²) in [6.07, 6.45) is 2.51. The highest BCUT2D eigenvalue weighted by molar-refractivity contribution is 5.27. The van der Waals surface area contributed by atoms with Crippen molar-refractivity contribution in [2.75, 3.05) is 0 Å². The Morgan fingerprint density at radius 1 is 1.05 bits per heavy atom. The lowest BCUT2D eigenvalue weighted by molar-refractivity contribution is 0.289. The van der Waals surface area contributed by atoms with Crippen LogP contribution in [0.1, 0.15) is 24.0 Å². The molecule has 0 aliphatic heterocycles. The lowest BCUT2D eigenvalue weighted by Gasteiger charge is -2.09. The molecule has 1 aliphatic rings. The highest BCUT2D eigenvalue weighted by atomic mass is 19.1. The van der Waals surface area contributed by atoms with Crippen molar-refractivity contribution in [1.82, 2.24) is 5.32 Å². The molecule has 0 aromatic heterocycles. The Kier molecular flexibility index (Phi) is 4.15. The van der Waals surface area contributed by atoms with Crippen molar-refractivity contribution in [3.8, 4) is 5.75 Å². The van der Waals surface area contributed by atoms with Crippen LogP contribution < -0.4 is 10.1 Å². The third kappa shape index (κ3) is 4.02. The molecule has 4 heteroatoms. The molecule has 1 N–H and O–H groups in total. The van der Waals surface area contributed by atoms with Crippen molar-refractivity contribution >= 4 is 0 Å². The highest BCUT2D eigenvalue weighted by Crippen LogP contribution is 2.21. The molecule has 2 aromatic rings. The highest BCUT2D eigenvalue weighted by Gasteiger charge is 2.19. The summed E-state index contributed by atoms with van der Waals surface area (Å²) in [6, 6.07) is 12.0. The van der Waals surface area contributed by atoms with Crippen LogP contribution in [0.2, 0.25) is 0 Å². The first-order valence-electron chi connectivity index (χ1n) is 7.10. The van der Waals surface area contributed by atoms with E-state index >= 15 is 0 Å². The first-order valence-corrected chi connectivity index (χ1v) is 7.10. The first-order chi connectivity index (χ1) is 10.2. The van der Waals surface area contributed by atoms with Gasteiger partial charge in [-0.15, -0.1) is 0 Å². The molecule has 21 heavy (non-hydrogen) atoms. The monoisotopic (exact) mass is 289 g/mol. The predicted molar refractivity (Wildman–Crippen MR) is 77.0 cm³/mol. The molecule has 2 nitrogen and oxygen atoms in total. The molecule has 1 saturated carbocycles. The first kappa shape index (κ1) is 14.0. The van der Waals surface area contributed by atoms with Crippen LogP contribution in [0.15, 0.2) is 42.5 Å². The minimum Gasteiger partial charge on any atom is -0.486 e. The summed E-state index contributed by atoms with van der Waals surface area (Å²) in [5, 5.41) is 3.45.